The summed E-state index contributed by atoms with van der Waals surface area (Å²) in [5.74, 6) is 0.353. The van der Waals surface area contributed by atoms with Crippen LogP contribution in [0.25, 0.3) is 0 Å². The van der Waals surface area contributed by atoms with Gasteiger partial charge in [0.05, 0.1) is 6.61 Å². The smallest absolute Gasteiger partial charge is 0.295 e. The Morgan fingerprint density at radius 2 is 1.87 bits per heavy atom. The number of hydrogen-bond acceptors (Lipinski definition) is 5. The predicted molar refractivity (Wildman–Crippen MR) is 76.7 cm³/mol. The molecule has 2 aromatic heterocycles. The molecule has 0 amide bonds. The Hall–Kier alpha value is -1.71. The van der Waals surface area contributed by atoms with Gasteiger partial charge in [0.2, 0.25) is 5.09 Å². The maximum absolute atomic E-state index is 12.5. The third kappa shape index (κ3) is 4.18. The van der Waals surface area contributed by atoms with Crippen molar-refractivity contribution in [2.45, 2.75) is 30.9 Å². The van der Waals surface area contributed by atoms with E-state index in [1.165, 1.54) is 7.11 Å². The SMILES string of the molecule is CCc1ccc([C@@H](COC)NS(=O)(=O)c2ccc(C(F)F)o2)o1. The monoisotopic (exact) mass is 349 g/mol. The highest BCUT2D eigenvalue weighted by Crippen LogP contribution is 2.25. The number of methoxy groups -OCH3 is 1. The summed E-state index contributed by atoms with van der Waals surface area (Å²) in [6, 6.07) is 4.47. The summed E-state index contributed by atoms with van der Waals surface area (Å²) < 4.78 is 67.1. The lowest BCUT2D eigenvalue weighted by Crippen LogP contribution is -2.31. The lowest BCUT2D eigenvalue weighted by Gasteiger charge is -2.15. The second kappa shape index (κ2) is 7.24. The molecule has 0 aliphatic carbocycles. The van der Waals surface area contributed by atoms with Crippen LogP contribution in [0, 0.1) is 0 Å². The molecule has 23 heavy (non-hydrogen) atoms. The van der Waals surface area contributed by atoms with Crippen LogP contribution in [0.1, 0.15) is 36.7 Å². The summed E-state index contributed by atoms with van der Waals surface area (Å²) in [6.07, 6.45) is -2.23. The molecule has 0 aliphatic heterocycles. The Morgan fingerprint density at radius 1 is 1.17 bits per heavy atom. The van der Waals surface area contributed by atoms with Gasteiger partial charge in [-0.15, -0.1) is 0 Å². The number of hydrogen-bond donors (Lipinski definition) is 1. The number of nitrogens with one attached hydrogen (secondary N) is 1. The fourth-order valence-corrected chi connectivity index (χ4v) is 3.08. The first kappa shape index (κ1) is 17.6. The first-order valence-electron chi connectivity index (χ1n) is 6.85. The van der Waals surface area contributed by atoms with E-state index in [4.69, 9.17) is 9.15 Å². The molecular formula is C14H17F2NO5S. The molecule has 0 aliphatic rings. The summed E-state index contributed by atoms with van der Waals surface area (Å²) >= 11 is 0. The quantitative estimate of drug-likeness (QED) is 0.792. The van der Waals surface area contributed by atoms with Gasteiger partial charge in [0.1, 0.15) is 17.6 Å². The summed E-state index contributed by atoms with van der Waals surface area (Å²) in [4.78, 5) is 0. The molecule has 128 valence electrons. The van der Waals surface area contributed by atoms with Crippen LogP contribution in [0.15, 0.2) is 38.2 Å². The van der Waals surface area contributed by atoms with E-state index < -0.39 is 33.3 Å². The van der Waals surface area contributed by atoms with E-state index in [0.717, 1.165) is 12.1 Å². The van der Waals surface area contributed by atoms with Gasteiger partial charge >= 0.3 is 0 Å². The largest absolute Gasteiger partial charge is 0.464 e. The first-order chi connectivity index (χ1) is 10.9. The number of aryl methyl sites for hydroxylation is 1. The van der Waals surface area contributed by atoms with E-state index >= 15 is 0 Å². The fourth-order valence-electron chi connectivity index (χ4n) is 1.95. The fraction of sp³-hybridized carbons (Fsp3) is 0.429. The minimum Gasteiger partial charge on any atom is -0.464 e. The van der Waals surface area contributed by atoms with Gasteiger partial charge in [0, 0.05) is 13.5 Å². The van der Waals surface area contributed by atoms with Crippen LogP contribution in [0.4, 0.5) is 8.78 Å². The second-order valence-electron chi connectivity index (χ2n) is 4.74. The van der Waals surface area contributed by atoms with Crippen molar-refractivity contribution in [1.29, 1.82) is 0 Å². The van der Waals surface area contributed by atoms with Crippen molar-refractivity contribution < 1.29 is 30.8 Å². The van der Waals surface area contributed by atoms with Gasteiger partial charge in [0.25, 0.3) is 16.4 Å². The minimum absolute atomic E-state index is 0.0122. The maximum atomic E-state index is 12.5. The molecule has 0 unspecified atom stereocenters. The number of sulfonamides is 1. The van der Waals surface area contributed by atoms with Gasteiger partial charge < -0.3 is 13.6 Å². The molecule has 0 spiro atoms. The van der Waals surface area contributed by atoms with Crippen molar-refractivity contribution >= 4 is 10.0 Å². The molecule has 2 heterocycles. The Bertz CT molecular complexity index is 738. The molecule has 2 rings (SSSR count). The number of furan rings is 2. The lowest BCUT2D eigenvalue weighted by atomic mass is 10.2. The minimum atomic E-state index is -4.13. The molecule has 0 fully saturated rings. The summed E-state index contributed by atoms with van der Waals surface area (Å²) in [6.45, 7) is 1.91. The highest BCUT2D eigenvalue weighted by atomic mass is 32.2. The number of halogens is 2. The van der Waals surface area contributed by atoms with E-state index in [-0.39, 0.29) is 6.61 Å². The Balaban J connectivity index is 2.23. The predicted octanol–water partition coefficient (Wildman–Crippen LogP) is 3.04. The number of rotatable bonds is 8. The summed E-state index contributed by atoms with van der Waals surface area (Å²) in [5, 5.41) is -0.587. The topological polar surface area (TPSA) is 81.7 Å². The van der Waals surface area contributed by atoms with Crippen LogP contribution < -0.4 is 4.72 Å². The Morgan fingerprint density at radius 3 is 2.39 bits per heavy atom. The second-order valence-corrected chi connectivity index (χ2v) is 6.39. The Labute approximate surface area is 132 Å². The zero-order valence-corrected chi connectivity index (χ0v) is 13.4. The van der Waals surface area contributed by atoms with Crippen molar-refractivity contribution in [3.63, 3.8) is 0 Å². The van der Waals surface area contributed by atoms with Crippen molar-refractivity contribution in [3.05, 3.63) is 41.5 Å². The molecule has 9 heteroatoms. The number of alkyl halides is 2. The van der Waals surface area contributed by atoms with E-state index in [0.29, 0.717) is 17.9 Å². The standard InChI is InChI=1S/C14H17F2NO5S/c1-3-9-4-5-11(21-9)10(8-20-2)17-23(18,19)13-7-6-12(22-13)14(15)16/h4-7,10,14,17H,3,8H2,1-2H3/t10-/m1/s1. The van der Waals surface area contributed by atoms with Gasteiger partial charge in [-0.1, -0.05) is 6.92 Å². The highest BCUT2D eigenvalue weighted by Gasteiger charge is 2.27. The molecule has 2 aromatic rings. The molecule has 1 atom stereocenters. The zero-order chi connectivity index (χ0) is 17.0. The summed E-state index contributed by atoms with van der Waals surface area (Å²) in [5.41, 5.74) is 0. The van der Waals surface area contributed by atoms with Gasteiger partial charge in [-0.3, -0.25) is 0 Å². The van der Waals surface area contributed by atoms with Gasteiger partial charge in [-0.2, -0.15) is 4.72 Å². The third-order valence-corrected chi connectivity index (χ3v) is 4.43. The molecule has 6 nitrogen and oxygen atoms in total. The van der Waals surface area contributed by atoms with Crippen LogP contribution >= 0.6 is 0 Å². The van der Waals surface area contributed by atoms with E-state index in [1.54, 1.807) is 12.1 Å². The molecular weight excluding hydrogens is 332 g/mol. The van der Waals surface area contributed by atoms with Crippen molar-refractivity contribution in [3.8, 4) is 0 Å². The molecule has 1 N–H and O–H groups in total. The zero-order valence-electron chi connectivity index (χ0n) is 12.6. The molecule has 0 radical (unpaired) electrons. The first-order valence-corrected chi connectivity index (χ1v) is 8.33. The third-order valence-electron chi connectivity index (χ3n) is 3.09. The maximum Gasteiger partial charge on any atom is 0.295 e. The van der Waals surface area contributed by atoms with Gasteiger partial charge in [0.15, 0.2) is 5.76 Å². The molecule has 0 saturated carbocycles. The molecule has 0 bridgehead atoms. The normalized spacial score (nSPS) is 13.6. The van der Waals surface area contributed by atoms with E-state index in [9.17, 15) is 17.2 Å². The van der Waals surface area contributed by atoms with Crippen LogP contribution in [0.2, 0.25) is 0 Å². The van der Waals surface area contributed by atoms with Crippen LogP contribution in [0.3, 0.4) is 0 Å². The summed E-state index contributed by atoms with van der Waals surface area (Å²) in [7, 11) is -2.72. The Kier molecular flexibility index (Phi) is 5.55. The van der Waals surface area contributed by atoms with Crippen LogP contribution in [-0.4, -0.2) is 22.1 Å². The van der Waals surface area contributed by atoms with Crippen molar-refractivity contribution in [2.24, 2.45) is 0 Å². The van der Waals surface area contributed by atoms with Crippen LogP contribution in [-0.2, 0) is 21.2 Å². The van der Waals surface area contributed by atoms with E-state index in [1.807, 2.05) is 6.92 Å². The lowest BCUT2D eigenvalue weighted by molar-refractivity contribution is 0.116. The highest BCUT2D eigenvalue weighted by molar-refractivity contribution is 7.89. The molecule has 0 aromatic carbocycles. The van der Waals surface area contributed by atoms with E-state index in [2.05, 4.69) is 9.14 Å². The average Bonchev–Trinajstić information content (AvgIpc) is 3.16. The van der Waals surface area contributed by atoms with Crippen LogP contribution in [0.5, 0.6) is 0 Å². The van der Waals surface area contributed by atoms with Crippen molar-refractivity contribution in [2.75, 3.05) is 13.7 Å². The van der Waals surface area contributed by atoms with Gasteiger partial charge in [-0.05, 0) is 24.3 Å². The number of ether oxygens (including phenoxy) is 1. The van der Waals surface area contributed by atoms with Crippen molar-refractivity contribution in [1.82, 2.24) is 4.72 Å². The average molecular weight is 349 g/mol. The van der Waals surface area contributed by atoms with Gasteiger partial charge in [-0.25, -0.2) is 17.2 Å². The molecule has 0 saturated heterocycles.